The first-order valence-corrected chi connectivity index (χ1v) is 6.07. The molecule has 2 aliphatic rings. The summed E-state index contributed by atoms with van der Waals surface area (Å²) in [5, 5.41) is 0. The third kappa shape index (κ3) is 2.12. The molecule has 2 aliphatic heterocycles. The highest BCUT2D eigenvalue weighted by Crippen LogP contribution is 2.37. The van der Waals surface area contributed by atoms with Gasteiger partial charge in [-0.1, -0.05) is 13.5 Å². The van der Waals surface area contributed by atoms with E-state index in [-0.39, 0.29) is 7.43 Å². The van der Waals surface area contributed by atoms with Crippen molar-refractivity contribution in [3.63, 3.8) is 0 Å². The molecule has 2 nitrogen and oxygen atoms in total. The van der Waals surface area contributed by atoms with E-state index in [1.807, 2.05) is 12.4 Å². The van der Waals surface area contributed by atoms with Crippen LogP contribution in [0.15, 0.2) is 24.5 Å². The van der Waals surface area contributed by atoms with Crippen LogP contribution >= 0.6 is 0 Å². The molecular formula is C14H22N2. The number of piperidine rings is 2. The highest BCUT2D eigenvalue weighted by Gasteiger charge is 2.31. The molecule has 2 fully saturated rings. The third-order valence-electron chi connectivity index (χ3n) is 3.91. The summed E-state index contributed by atoms with van der Waals surface area (Å²) in [4.78, 5) is 6.90. The van der Waals surface area contributed by atoms with Crippen LogP contribution < -0.4 is 0 Å². The highest BCUT2D eigenvalue weighted by molar-refractivity contribution is 5.15. The second-order valence-corrected chi connectivity index (χ2v) is 4.88. The second-order valence-electron chi connectivity index (χ2n) is 4.88. The van der Waals surface area contributed by atoms with Gasteiger partial charge in [0, 0.05) is 25.0 Å². The number of nitrogens with zero attached hydrogens (tertiary/aromatic N) is 2. The lowest BCUT2D eigenvalue weighted by Gasteiger charge is -2.43. The van der Waals surface area contributed by atoms with E-state index in [9.17, 15) is 0 Å². The maximum atomic E-state index is 4.24. The Bertz CT molecular complexity index is 323. The molecule has 1 aromatic rings. The molecule has 0 aliphatic carbocycles. The minimum Gasteiger partial charge on any atom is -0.296 e. The Morgan fingerprint density at radius 2 is 2.19 bits per heavy atom. The molecule has 0 N–H and O–H groups in total. The first-order chi connectivity index (χ1) is 7.43. The Balaban J connectivity index is 0.000000963. The van der Waals surface area contributed by atoms with Crippen molar-refractivity contribution in [2.24, 2.45) is 5.92 Å². The first kappa shape index (κ1) is 11.6. The fourth-order valence-electron chi connectivity index (χ4n) is 3.14. The molecule has 0 amide bonds. The molecule has 2 saturated heterocycles. The summed E-state index contributed by atoms with van der Waals surface area (Å²) < 4.78 is 0. The van der Waals surface area contributed by atoms with Crippen LogP contribution in [0.1, 0.15) is 44.7 Å². The fraction of sp³-hybridized carbons (Fsp3) is 0.643. The Kier molecular flexibility index (Phi) is 3.59. The number of aromatic nitrogens is 1. The van der Waals surface area contributed by atoms with Gasteiger partial charge in [-0.2, -0.15) is 0 Å². The van der Waals surface area contributed by atoms with E-state index in [0.717, 1.165) is 5.92 Å². The van der Waals surface area contributed by atoms with Gasteiger partial charge in [-0.15, -0.1) is 0 Å². The number of hydrogen-bond acceptors (Lipinski definition) is 2. The normalized spacial score (nSPS) is 32.9. The van der Waals surface area contributed by atoms with Gasteiger partial charge in [0.15, 0.2) is 0 Å². The van der Waals surface area contributed by atoms with Gasteiger partial charge in [-0.3, -0.25) is 9.88 Å². The highest BCUT2D eigenvalue weighted by atomic mass is 15.2. The number of hydrogen-bond donors (Lipinski definition) is 0. The molecule has 0 radical (unpaired) electrons. The molecule has 16 heavy (non-hydrogen) atoms. The zero-order valence-electron chi connectivity index (χ0n) is 9.10. The van der Waals surface area contributed by atoms with Gasteiger partial charge in [0.25, 0.3) is 0 Å². The first-order valence-electron chi connectivity index (χ1n) is 6.07. The van der Waals surface area contributed by atoms with Crippen LogP contribution in [-0.4, -0.2) is 23.0 Å². The predicted octanol–water partition coefficient (Wildman–Crippen LogP) is 3.26. The zero-order valence-corrected chi connectivity index (χ0v) is 9.10. The van der Waals surface area contributed by atoms with Crippen molar-refractivity contribution in [2.75, 3.05) is 13.1 Å². The molecule has 2 heteroatoms. The van der Waals surface area contributed by atoms with Crippen LogP contribution in [0.5, 0.6) is 0 Å². The minimum atomic E-state index is 0. The summed E-state index contributed by atoms with van der Waals surface area (Å²) >= 11 is 0. The van der Waals surface area contributed by atoms with Crippen molar-refractivity contribution in [3.05, 3.63) is 30.1 Å². The van der Waals surface area contributed by atoms with Crippen LogP contribution in [0.4, 0.5) is 0 Å². The topological polar surface area (TPSA) is 16.1 Å². The van der Waals surface area contributed by atoms with Gasteiger partial charge in [0.1, 0.15) is 0 Å². The van der Waals surface area contributed by atoms with Gasteiger partial charge in [0.05, 0.1) is 0 Å². The average Bonchev–Trinajstić information content (AvgIpc) is 2.31. The van der Waals surface area contributed by atoms with Gasteiger partial charge in [-0.25, -0.2) is 0 Å². The van der Waals surface area contributed by atoms with Crippen molar-refractivity contribution in [3.8, 4) is 0 Å². The van der Waals surface area contributed by atoms with Crippen LogP contribution in [-0.2, 0) is 0 Å². The molecule has 2 bridgehead atoms. The van der Waals surface area contributed by atoms with Gasteiger partial charge in [0.2, 0.25) is 0 Å². The van der Waals surface area contributed by atoms with Crippen molar-refractivity contribution in [2.45, 2.75) is 39.2 Å². The van der Waals surface area contributed by atoms with E-state index in [2.05, 4.69) is 22.0 Å². The smallest absolute Gasteiger partial charge is 0.0363 e. The Morgan fingerprint density at radius 3 is 3.00 bits per heavy atom. The lowest BCUT2D eigenvalue weighted by atomic mass is 9.84. The molecule has 0 spiro atoms. The van der Waals surface area contributed by atoms with E-state index in [0.29, 0.717) is 6.04 Å². The number of fused-ring (bicyclic) bond motifs is 2. The summed E-state index contributed by atoms with van der Waals surface area (Å²) in [6.45, 7) is 2.61. The molecule has 3 rings (SSSR count). The van der Waals surface area contributed by atoms with E-state index in [1.54, 1.807) is 0 Å². The maximum Gasteiger partial charge on any atom is 0.0363 e. The quantitative estimate of drug-likeness (QED) is 0.719. The molecule has 3 heterocycles. The molecule has 1 aromatic heterocycles. The van der Waals surface area contributed by atoms with E-state index in [4.69, 9.17) is 0 Å². The van der Waals surface area contributed by atoms with Crippen LogP contribution in [0.3, 0.4) is 0 Å². The molecule has 3 unspecified atom stereocenters. The van der Waals surface area contributed by atoms with E-state index < -0.39 is 0 Å². The predicted molar refractivity (Wildman–Crippen MR) is 67.2 cm³/mol. The lowest BCUT2D eigenvalue weighted by molar-refractivity contribution is 0.0670. The van der Waals surface area contributed by atoms with Crippen LogP contribution in [0, 0.1) is 5.92 Å². The standard InChI is InChI=1S/C13H18N2.CH4/c1-4-12(9-14-7-1)13-6-5-11-3-2-8-15(13)10-11;/h1,4,7,9,11,13H,2-3,5-6,8,10H2;1H4. The summed E-state index contributed by atoms with van der Waals surface area (Å²) in [6.07, 6.45) is 9.50. The van der Waals surface area contributed by atoms with Crippen molar-refractivity contribution in [1.82, 2.24) is 9.88 Å². The monoisotopic (exact) mass is 218 g/mol. The summed E-state index contributed by atoms with van der Waals surface area (Å²) in [7, 11) is 0. The lowest BCUT2D eigenvalue weighted by Crippen LogP contribution is -2.42. The maximum absolute atomic E-state index is 4.24. The van der Waals surface area contributed by atoms with Gasteiger partial charge >= 0.3 is 0 Å². The SMILES string of the molecule is C.c1cncc(C2CCC3CCCN2C3)c1. The van der Waals surface area contributed by atoms with Crippen molar-refractivity contribution in [1.29, 1.82) is 0 Å². The Labute approximate surface area is 98.7 Å². The zero-order chi connectivity index (χ0) is 10.1. The van der Waals surface area contributed by atoms with Crippen molar-refractivity contribution >= 4 is 0 Å². The third-order valence-corrected chi connectivity index (χ3v) is 3.91. The largest absolute Gasteiger partial charge is 0.296 e. The van der Waals surface area contributed by atoms with Gasteiger partial charge < -0.3 is 0 Å². The minimum absolute atomic E-state index is 0. The average molecular weight is 218 g/mol. The molecular weight excluding hydrogens is 196 g/mol. The van der Waals surface area contributed by atoms with Crippen LogP contribution in [0.2, 0.25) is 0 Å². The molecule has 0 saturated carbocycles. The number of pyridine rings is 1. The second kappa shape index (κ2) is 4.96. The van der Waals surface area contributed by atoms with E-state index in [1.165, 1.54) is 44.3 Å². The Hall–Kier alpha value is -0.890. The van der Waals surface area contributed by atoms with Gasteiger partial charge in [-0.05, 0) is 49.8 Å². The molecule has 3 atom stereocenters. The molecule has 0 aromatic carbocycles. The fourth-order valence-corrected chi connectivity index (χ4v) is 3.14. The summed E-state index contributed by atoms with van der Waals surface area (Å²) in [5.41, 5.74) is 1.41. The Morgan fingerprint density at radius 1 is 1.25 bits per heavy atom. The number of rotatable bonds is 1. The summed E-state index contributed by atoms with van der Waals surface area (Å²) in [6, 6.07) is 4.94. The molecule has 88 valence electrons. The summed E-state index contributed by atoms with van der Waals surface area (Å²) in [5.74, 6) is 0.978. The van der Waals surface area contributed by atoms with Crippen LogP contribution in [0.25, 0.3) is 0 Å². The van der Waals surface area contributed by atoms with Crippen molar-refractivity contribution < 1.29 is 0 Å². The van der Waals surface area contributed by atoms with E-state index >= 15 is 0 Å².